The number of likely N-dealkylation sites (tertiary alicyclic amines) is 1. The number of halogens is 6. The summed E-state index contributed by atoms with van der Waals surface area (Å²) in [5, 5.41) is 9.20. The lowest BCUT2D eigenvalue weighted by Crippen LogP contribution is -2.39. The number of alkyl halides is 4. The van der Waals surface area contributed by atoms with Gasteiger partial charge in [-0.3, -0.25) is 0 Å². The maximum Gasteiger partial charge on any atom is 0.420 e. The molecule has 2 aliphatic heterocycles. The van der Waals surface area contributed by atoms with Crippen molar-refractivity contribution in [1.82, 2.24) is 19.9 Å². The quantitative estimate of drug-likeness (QED) is 0.150. The predicted molar refractivity (Wildman–Crippen MR) is 192 cm³/mol. The minimum Gasteiger partial charge on any atom is -0.490 e. The first-order chi connectivity index (χ1) is 25.8. The number of thiophene rings is 1. The van der Waals surface area contributed by atoms with Gasteiger partial charge in [-0.05, 0) is 50.3 Å². The van der Waals surface area contributed by atoms with E-state index in [1.807, 2.05) is 6.07 Å². The van der Waals surface area contributed by atoms with E-state index in [1.54, 1.807) is 24.0 Å². The number of rotatable bonds is 8. The van der Waals surface area contributed by atoms with Crippen LogP contribution in [0.2, 0.25) is 0 Å². The van der Waals surface area contributed by atoms with Crippen LogP contribution in [0.3, 0.4) is 0 Å². The molecule has 0 unspecified atom stereocenters. The van der Waals surface area contributed by atoms with E-state index in [0.29, 0.717) is 49.4 Å². The Bertz CT molecular complexity index is 2330. The van der Waals surface area contributed by atoms with Crippen molar-refractivity contribution in [3.63, 3.8) is 0 Å². The molecule has 2 fully saturated rings. The molecule has 0 radical (unpaired) electrons. The number of benzene rings is 2. The van der Waals surface area contributed by atoms with Crippen molar-refractivity contribution in [2.45, 2.75) is 51.0 Å². The average Bonchev–Trinajstić information content (AvgIpc) is 3.86. The van der Waals surface area contributed by atoms with Gasteiger partial charge < -0.3 is 30.7 Å². The monoisotopic (exact) mass is 768 g/mol. The number of nitrogens with two attached hydrogens (primary N) is 2. The fourth-order valence-electron chi connectivity index (χ4n) is 7.67. The highest BCUT2D eigenvalue weighted by atomic mass is 32.1. The van der Waals surface area contributed by atoms with Crippen molar-refractivity contribution in [1.29, 1.82) is 5.26 Å². The second-order valence-corrected chi connectivity index (χ2v) is 15.2. The highest BCUT2D eigenvalue weighted by molar-refractivity contribution is 7.23. The maximum absolute atomic E-state index is 17.4. The van der Waals surface area contributed by atoms with Crippen molar-refractivity contribution in [3.8, 4) is 29.0 Å². The molecule has 1 saturated carbocycles. The van der Waals surface area contributed by atoms with Gasteiger partial charge in [-0.2, -0.15) is 28.4 Å². The van der Waals surface area contributed by atoms with Crippen molar-refractivity contribution < 1.29 is 35.8 Å². The van der Waals surface area contributed by atoms with Gasteiger partial charge in [0.1, 0.15) is 58.1 Å². The lowest BCUT2D eigenvalue weighted by atomic mass is 9.91. The lowest BCUT2D eigenvalue weighted by Gasteiger charge is -2.32. The summed E-state index contributed by atoms with van der Waals surface area (Å²) in [5.41, 5.74) is 8.84. The third kappa shape index (κ3) is 6.14. The van der Waals surface area contributed by atoms with Crippen molar-refractivity contribution in [2.24, 2.45) is 5.41 Å². The molecule has 1 aliphatic carbocycles. The first-order valence-electron chi connectivity index (χ1n) is 17.4. The normalized spacial score (nSPS) is 18.0. The maximum atomic E-state index is 17.4. The molecule has 10 nitrogen and oxygen atoms in total. The Morgan fingerprint density at radius 2 is 1.87 bits per heavy atom. The Balaban J connectivity index is 1.34. The van der Waals surface area contributed by atoms with Gasteiger partial charge in [0.05, 0.1) is 34.8 Å². The molecule has 17 heteroatoms. The fourth-order valence-corrected chi connectivity index (χ4v) is 8.62. The molecule has 2 aromatic carbocycles. The molecule has 282 valence electrons. The number of anilines is 3. The average molecular weight is 769 g/mol. The van der Waals surface area contributed by atoms with E-state index in [4.69, 9.17) is 20.9 Å². The van der Waals surface area contributed by atoms with Gasteiger partial charge in [0, 0.05) is 47.8 Å². The smallest absolute Gasteiger partial charge is 0.420 e. The Hall–Kier alpha value is -5.08. The van der Waals surface area contributed by atoms with Crippen LogP contribution in [-0.2, 0) is 6.18 Å². The van der Waals surface area contributed by atoms with Gasteiger partial charge in [0.2, 0.25) is 0 Å². The van der Waals surface area contributed by atoms with E-state index < -0.39 is 58.0 Å². The minimum atomic E-state index is -5.22. The van der Waals surface area contributed by atoms with E-state index in [1.165, 1.54) is 6.20 Å². The zero-order chi connectivity index (χ0) is 38.1. The number of piperidine rings is 1. The van der Waals surface area contributed by atoms with E-state index in [9.17, 15) is 9.65 Å². The van der Waals surface area contributed by atoms with Crippen molar-refractivity contribution >= 4 is 49.0 Å². The molecule has 0 spiro atoms. The number of hydrogen-bond donors (Lipinski definition) is 2. The highest BCUT2D eigenvalue weighted by Gasteiger charge is 2.47. The van der Waals surface area contributed by atoms with E-state index in [-0.39, 0.29) is 68.9 Å². The molecule has 0 bridgehead atoms. The van der Waals surface area contributed by atoms with Crippen LogP contribution in [0.25, 0.3) is 32.1 Å². The summed E-state index contributed by atoms with van der Waals surface area (Å²) in [4.78, 5) is 17.1. The number of hydrogen-bond acceptors (Lipinski definition) is 11. The van der Waals surface area contributed by atoms with E-state index in [0.717, 1.165) is 25.0 Å². The summed E-state index contributed by atoms with van der Waals surface area (Å²) < 4.78 is 105. The summed E-state index contributed by atoms with van der Waals surface area (Å²) in [5.74, 6) is -2.85. The minimum absolute atomic E-state index is 0.00111. The molecule has 3 aromatic heterocycles. The second kappa shape index (κ2) is 13.3. The number of ether oxygens (including phenoxy) is 2. The molecular formula is C37H34F6N8O2S. The molecule has 1 saturated heterocycles. The summed E-state index contributed by atoms with van der Waals surface area (Å²) in [6.45, 7) is 3.49. The summed E-state index contributed by atoms with van der Waals surface area (Å²) in [6, 6.07) is 6.23. The second-order valence-electron chi connectivity index (χ2n) is 14.1. The Morgan fingerprint density at radius 1 is 1.11 bits per heavy atom. The van der Waals surface area contributed by atoms with Gasteiger partial charge in [0.25, 0.3) is 0 Å². The molecule has 8 rings (SSSR count). The van der Waals surface area contributed by atoms with Crippen LogP contribution in [0.1, 0.15) is 55.3 Å². The molecular weight excluding hydrogens is 735 g/mol. The van der Waals surface area contributed by atoms with Gasteiger partial charge in [-0.15, -0.1) is 11.3 Å². The van der Waals surface area contributed by atoms with Gasteiger partial charge in [-0.1, -0.05) is 12.1 Å². The zero-order valence-electron chi connectivity index (χ0n) is 28.9. The summed E-state index contributed by atoms with van der Waals surface area (Å²) in [6.07, 6.45) is -1.99. The Labute approximate surface area is 309 Å². The van der Waals surface area contributed by atoms with Crippen LogP contribution in [0.15, 0.2) is 30.5 Å². The highest BCUT2D eigenvalue weighted by Crippen LogP contribution is 2.54. The number of pyridine rings is 1. The third-order valence-electron chi connectivity index (χ3n) is 10.7. The fraction of sp³-hybridized carbons (Fsp3) is 0.405. The summed E-state index contributed by atoms with van der Waals surface area (Å²) in [7, 11) is 0. The van der Waals surface area contributed by atoms with Crippen molar-refractivity contribution in [2.75, 3.05) is 55.8 Å². The molecule has 1 atom stereocenters. The predicted octanol–water partition coefficient (Wildman–Crippen LogP) is 7.79. The third-order valence-corrected chi connectivity index (χ3v) is 11.7. The van der Waals surface area contributed by atoms with Crippen LogP contribution in [-0.4, -0.2) is 65.4 Å². The molecule has 5 aromatic rings. The van der Waals surface area contributed by atoms with Crippen LogP contribution >= 0.6 is 11.3 Å². The molecule has 4 N–H and O–H groups in total. The van der Waals surface area contributed by atoms with Crippen LogP contribution in [0, 0.1) is 28.4 Å². The standard InChI is InChI=1S/C37H34F6N8O2S/c1-18(20-3-2-10-47-32(20)45)51-13-14-52-30-26-29(48-35(49-34(26)51)53-17-36(8-9-36)16-50-11-6-19(38)7-12-50)28(40)25(27(30)37(41,42)43)21-4-5-23(39)31-24(21)22(15-44)33(46)54-31/h2-5,10,18-19H,6-9,11-14,16-17,46H2,1H3,(H2,45,47)/t18-/m1/s1. The lowest BCUT2D eigenvalue weighted by molar-refractivity contribution is -0.138. The molecule has 54 heavy (non-hydrogen) atoms. The van der Waals surface area contributed by atoms with Crippen LogP contribution in [0.5, 0.6) is 11.8 Å². The number of fused-ring (bicyclic) bond motifs is 1. The van der Waals surface area contributed by atoms with Gasteiger partial charge in [-0.25, -0.2) is 18.2 Å². The van der Waals surface area contributed by atoms with E-state index >= 15 is 22.0 Å². The van der Waals surface area contributed by atoms with Crippen LogP contribution in [0.4, 0.5) is 43.0 Å². The number of nitrogen functional groups attached to an aromatic ring is 2. The molecule has 3 aliphatic rings. The Kier molecular flexibility index (Phi) is 8.88. The number of nitriles is 1. The van der Waals surface area contributed by atoms with E-state index in [2.05, 4.69) is 19.9 Å². The summed E-state index contributed by atoms with van der Waals surface area (Å²) >= 11 is 0.676. The van der Waals surface area contributed by atoms with Crippen molar-refractivity contribution in [3.05, 3.63) is 58.8 Å². The number of nitrogens with zero attached hydrogens (tertiary/aromatic N) is 6. The van der Waals surface area contributed by atoms with Gasteiger partial charge in [0.15, 0.2) is 5.82 Å². The largest absolute Gasteiger partial charge is 0.490 e. The first-order valence-corrected chi connectivity index (χ1v) is 18.3. The molecule has 0 amide bonds. The zero-order valence-corrected chi connectivity index (χ0v) is 29.8. The number of aromatic nitrogens is 3. The van der Waals surface area contributed by atoms with Crippen LogP contribution < -0.4 is 25.8 Å². The molecule has 5 heterocycles. The SMILES string of the molecule is C[C@H](c1cccnc1N)N1CCOc2c(C(F)(F)F)c(-c3ccc(F)c4sc(N)c(C#N)c34)c(F)c3nc(OCC4(CN5CCC(F)CC5)CC4)nc1c23. The Morgan fingerprint density at radius 3 is 2.56 bits per heavy atom. The topological polar surface area (TPSA) is 139 Å². The van der Waals surface area contributed by atoms with Gasteiger partial charge >= 0.3 is 12.2 Å². The first kappa shape index (κ1) is 35.9.